The molecule has 0 saturated carbocycles. The van der Waals surface area contributed by atoms with Crippen LogP contribution in [0.5, 0.6) is 0 Å². The van der Waals surface area contributed by atoms with Crippen LogP contribution in [0.2, 0.25) is 0 Å². The number of benzene rings is 2. The molecule has 0 aliphatic heterocycles. The summed E-state index contributed by atoms with van der Waals surface area (Å²) in [5, 5.41) is 13.6. The lowest BCUT2D eigenvalue weighted by molar-refractivity contribution is -0.141. The van der Waals surface area contributed by atoms with Crippen molar-refractivity contribution >= 4 is 29.6 Å². The van der Waals surface area contributed by atoms with Crippen LogP contribution >= 0.6 is 0 Å². The molecule has 4 amide bonds. The first kappa shape index (κ1) is 29.0. The zero-order valence-electron chi connectivity index (χ0n) is 20.9. The highest BCUT2D eigenvalue weighted by molar-refractivity contribution is 5.91. The number of nitrogens with one attached hydrogen (secondary N) is 2. The van der Waals surface area contributed by atoms with Crippen molar-refractivity contribution in [2.75, 3.05) is 32.7 Å². The monoisotopic (exact) mass is 511 g/mol. The molecule has 0 saturated heterocycles. The molecule has 0 aromatic heterocycles. The summed E-state index contributed by atoms with van der Waals surface area (Å²) in [4.78, 5) is 63.9. The lowest BCUT2D eigenvalue weighted by atomic mass is 10.1. The van der Waals surface area contributed by atoms with Gasteiger partial charge in [0.1, 0.15) is 19.6 Å². The average molecular weight is 512 g/mol. The smallest absolute Gasteiger partial charge is 0.322 e. The molecule has 11 heteroatoms. The summed E-state index contributed by atoms with van der Waals surface area (Å²) in [6.07, 6.45) is 0. The predicted molar refractivity (Wildman–Crippen MR) is 136 cm³/mol. The van der Waals surface area contributed by atoms with Crippen LogP contribution in [0.3, 0.4) is 0 Å². The number of hydrogen-bond acceptors (Lipinski definition) is 6. The van der Waals surface area contributed by atoms with E-state index in [0.29, 0.717) is 0 Å². The van der Waals surface area contributed by atoms with Gasteiger partial charge in [-0.3, -0.25) is 24.0 Å². The van der Waals surface area contributed by atoms with Crippen LogP contribution in [0.15, 0.2) is 60.7 Å². The molecule has 37 heavy (non-hydrogen) atoms. The second-order valence-electron chi connectivity index (χ2n) is 8.37. The molecule has 2 aromatic carbocycles. The minimum absolute atomic E-state index is 0.281. The van der Waals surface area contributed by atoms with Gasteiger partial charge in [0, 0.05) is 0 Å². The van der Waals surface area contributed by atoms with E-state index in [2.05, 4.69) is 10.6 Å². The fraction of sp³-hybridized carbons (Fsp3) is 0.346. The summed E-state index contributed by atoms with van der Waals surface area (Å²) in [7, 11) is 0. The highest BCUT2D eigenvalue weighted by Crippen LogP contribution is 2.21. The lowest BCUT2D eigenvalue weighted by Crippen LogP contribution is -2.49. The summed E-state index contributed by atoms with van der Waals surface area (Å²) in [5.41, 5.74) is 7.12. The van der Waals surface area contributed by atoms with Gasteiger partial charge in [-0.2, -0.15) is 0 Å². The van der Waals surface area contributed by atoms with Crippen molar-refractivity contribution in [3.05, 3.63) is 71.8 Å². The molecule has 2 atom stereocenters. The Morgan fingerprint density at radius 3 is 1.54 bits per heavy atom. The summed E-state index contributed by atoms with van der Waals surface area (Å²) < 4.78 is 0. The van der Waals surface area contributed by atoms with Crippen LogP contribution in [0.25, 0.3) is 0 Å². The van der Waals surface area contributed by atoms with Crippen LogP contribution in [0.1, 0.15) is 37.1 Å². The van der Waals surface area contributed by atoms with Crippen LogP contribution < -0.4 is 16.4 Å². The quantitative estimate of drug-likeness (QED) is 0.303. The molecule has 0 fully saturated rings. The largest absolute Gasteiger partial charge is 0.480 e. The number of nitrogens with zero attached hydrogens (tertiary/aromatic N) is 2. The Balaban J connectivity index is 2.09. The fourth-order valence-electron chi connectivity index (χ4n) is 3.69. The molecular weight excluding hydrogens is 478 g/mol. The summed E-state index contributed by atoms with van der Waals surface area (Å²) in [6.45, 7) is 1.50. The standard InChI is InChI=1S/C26H33N5O6/c1-18(20-9-5-3-6-10-20)30(24(34)13-27)16-22(32)28-14-25(35)31(17-23(33)29-15-26(36)37)19(2)21-11-7-4-8-12-21/h3-12,18-19H,13-17,27H2,1-2H3,(H,28,32)(H,29,33)(H,36,37)/t18-,19-/m0/s1. The molecule has 198 valence electrons. The lowest BCUT2D eigenvalue weighted by Gasteiger charge is -2.30. The number of carboxylic acids is 1. The zero-order chi connectivity index (χ0) is 27.4. The molecule has 0 aliphatic rings. The number of amides is 4. The van der Waals surface area contributed by atoms with Gasteiger partial charge in [-0.1, -0.05) is 60.7 Å². The molecule has 5 N–H and O–H groups in total. The first-order valence-electron chi connectivity index (χ1n) is 11.8. The maximum atomic E-state index is 13.1. The van der Waals surface area contributed by atoms with E-state index in [-0.39, 0.29) is 13.1 Å². The van der Waals surface area contributed by atoms with Crippen LogP contribution in [0.4, 0.5) is 0 Å². The SMILES string of the molecule is C[C@@H](c1ccccc1)N(CC(=O)NCC(=O)N(CC(=O)NCC(=O)O)[C@@H](C)c1ccccc1)C(=O)CN. The number of hydrogen-bond donors (Lipinski definition) is 4. The van der Waals surface area contributed by atoms with Gasteiger partial charge < -0.3 is 31.3 Å². The third-order valence-corrected chi connectivity index (χ3v) is 5.82. The predicted octanol–water partition coefficient (Wildman–Crippen LogP) is 0.442. The van der Waals surface area contributed by atoms with Gasteiger partial charge in [-0.25, -0.2) is 0 Å². The van der Waals surface area contributed by atoms with Gasteiger partial charge in [-0.15, -0.1) is 0 Å². The highest BCUT2D eigenvalue weighted by atomic mass is 16.4. The Morgan fingerprint density at radius 2 is 1.14 bits per heavy atom. The normalized spacial score (nSPS) is 12.1. The van der Waals surface area contributed by atoms with E-state index in [9.17, 15) is 24.0 Å². The van der Waals surface area contributed by atoms with Crippen LogP contribution in [0, 0.1) is 0 Å². The van der Waals surface area contributed by atoms with Crippen LogP contribution in [-0.2, 0) is 24.0 Å². The first-order chi connectivity index (χ1) is 17.6. The minimum atomic E-state index is -1.21. The molecular formula is C26H33N5O6. The number of carbonyl (C=O) groups is 5. The van der Waals surface area contributed by atoms with Crippen molar-refractivity contribution in [1.29, 1.82) is 0 Å². The van der Waals surface area contributed by atoms with E-state index in [1.54, 1.807) is 38.1 Å². The van der Waals surface area contributed by atoms with Crippen molar-refractivity contribution in [2.45, 2.75) is 25.9 Å². The number of carbonyl (C=O) groups excluding carboxylic acids is 4. The summed E-state index contributed by atoms with van der Waals surface area (Å²) in [5.74, 6) is -3.41. The van der Waals surface area contributed by atoms with Crippen molar-refractivity contribution in [3.63, 3.8) is 0 Å². The first-order valence-corrected chi connectivity index (χ1v) is 11.8. The number of carboxylic acid groups (broad SMARTS) is 1. The van der Waals surface area contributed by atoms with E-state index in [1.807, 2.05) is 36.4 Å². The molecule has 0 spiro atoms. The topological polar surface area (TPSA) is 162 Å². The van der Waals surface area contributed by atoms with Crippen LogP contribution in [-0.4, -0.2) is 77.2 Å². The Kier molecular flexibility index (Phi) is 11.2. The van der Waals surface area contributed by atoms with E-state index >= 15 is 0 Å². The molecule has 0 radical (unpaired) electrons. The van der Waals surface area contributed by atoms with Crippen molar-refractivity contribution in [3.8, 4) is 0 Å². The van der Waals surface area contributed by atoms with Gasteiger partial charge in [-0.05, 0) is 25.0 Å². The van der Waals surface area contributed by atoms with Gasteiger partial charge >= 0.3 is 5.97 Å². The molecule has 0 aliphatic carbocycles. The number of rotatable bonds is 13. The Hall–Kier alpha value is -4.25. The Morgan fingerprint density at radius 1 is 0.730 bits per heavy atom. The van der Waals surface area contributed by atoms with Crippen molar-refractivity contribution in [1.82, 2.24) is 20.4 Å². The fourth-order valence-corrected chi connectivity index (χ4v) is 3.69. The number of aliphatic carboxylic acids is 1. The second kappa shape index (κ2) is 14.3. The average Bonchev–Trinajstić information content (AvgIpc) is 2.91. The molecule has 0 unspecified atom stereocenters. The van der Waals surface area contributed by atoms with Gasteiger partial charge in [0.25, 0.3) is 0 Å². The minimum Gasteiger partial charge on any atom is -0.480 e. The Bertz CT molecular complexity index is 1080. The van der Waals surface area contributed by atoms with E-state index in [0.717, 1.165) is 11.1 Å². The van der Waals surface area contributed by atoms with Gasteiger partial charge in [0.2, 0.25) is 23.6 Å². The molecule has 0 bridgehead atoms. The Labute approximate surface area is 215 Å². The molecule has 11 nitrogen and oxygen atoms in total. The van der Waals surface area contributed by atoms with E-state index in [4.69, 9.17) is 10.8 Å². The van der Waals surface area contributed by atoms with E-state index in [1.165, 1.54) is 9.80 Å². The maximum Gasteiger partial charge on any atom is 0.322 e. The third kappa shape index (κ3) is 9.04. The van der Waals surface area contributed by atoms with E-state index < -0.39 is 61.3 Å². The number of nitrogens with two attached hydrogens (primary N) is 1. The molecule has 2 rings (SSSR count). The van der Waals surface area contributed by atoms with Crippen molar-refractivity contribution < 1.29 is 29.1 Å². The highest BCUT2D eigenvalue weighted by Gasteiger charge is 2.26. The van der Waals surface area contributed by atoms with Gasteiger partial charge in [0.15, 0.2) is 0 Å². The summed E-state index contributed by atoms with van der Waals surface area (Å²) in [6, 6.07) is 17.2. The van der Waals surface area contributed by atoms with Crippen molar-refractivity contribution in [2.24, 2.45) is 5.73 Å². The molecule has 0 heterocycles. The third-order valence-electron chi connectivity index (χ3n) is 5.82. The van der Waals surface area contributed by atoms with Gasteiger partial charge in [0.05, 0.1) is 25.2 Å². The summed E-state index contributed by atoms with van der Waals surface area (Å²) >= 11 is 0. The zero-order valence-corrected chi connectivity index (χ0v) is 20.9. The second-order valence-corrected chi connectivity index (χ2v) is 8.37. The molecule has 2 aromatic rings. The maximum absolute atomic E-state index is 13.1.